The highest BCUT2D eigenvalue weighted by Crippen LogP contribution is 2.62. The van der Waals surface area contributed by atoms with Crippen molar-refractivity contribution in [3.63, 3.8) is 0 Å². The first-order valence-electron chi connectivity index (χ1n) is 8.84. The molecule has 0 N–H and O–H groups in total. The van der Waals surface area contributed by atoms with E-state index < -0.39 is 5.41 Å². The number of carbonyl (C=O) groups excluding carboxylic acids is 1. The van der Waals surface area contributed by atoms with E-state index in [1.165, 1.54) is 0 Å². The summed E-state index contributed by atoms with van der Waals surface area (Å²) in [5.74, 6) is 0.446. The summed E-state index contributed by atoms with van der Waals surface area (Å²) in [6.45, 7) is 7.98. The molecular weight excluding hydrogens is 324 g/mol. The van der Waals surface area contributed by atoms with Crippen molar-refractivity contribution in [2.24, 2.45) is 0 Å². The molecule has 3 nitrogen and oxygen atoms in total. The van der Waals surface area contributed by atoms with Crippen molar-refractivity contribution in [2.75, 3.05) is 13.7 Å². The van der Waals surface area contributed by atoms with Gasteiger partial charge in [-0.05, 0) is 54.7 Å². The zero-order valence-corrected chi connectivity index (χ0v) is 15.5. The summed E-state index contributed by atoms with van der Waals surface area (Å²) in [7, 11) is 1.63. The maximum absolute atomic E-state index is 13.1. The molecule has 0 fully saturated rings. The molecule has 0 bridgehead atoms. The Morgan fingerprint density at radius 2 is 1.92 bits per heavy atom. The summed E-state index contributed by atoms with van der Waals surface area (Å²) < 4.78 is 11.1. The van der Waals surface area contributed by atoms with Crippen LogP contribution in [0, 0.1) is 0 Å². The molecule has 0 aromatic heterocycles. The molecule has 3 rings (SSSR count). The SMILES string of the molecule is C=CCc1ccc(OC)c(C2(C(=O)OCC)C(C)=C2c2ccccc2)c1. The summed E-state index contributed by atoms with van der Waals surface area (Å²) in [5, 5.41) is 0. The van der Waals surface area contributed by atoms with Crippen LogP contribution >= 0.6 is 0 Å². The summed E-state index contributed by atoms with van der Waals surface area (Å²) >= 11 is 0. The Kier molecular flexibility index (Phi) is 4.99. The first-order valence-corrected chi connectivity index (χ1v) is 8.84. The van der Waals surface area contributed by atoms with Gasteiger partial charge in [-0.15, -0.1) is 6.58 Å². The van der Waals surface area contributed by atoms with Crippen LogP contribution in [0.5, 0.6) is 5.75 Å². The van der Waals surface area contributed by atoms with Crippen molar-refractivity contribution in [2.45, 2.75) is 25.7 Å². The van der Waals surface area contributed by atoms with Crippen molar-refractivity contribution < 1.29 is 14.3 Å². The van der Waals surface area contributed by atoms with Gasteiger partial charge < -0.3 is 9.47 Å². The lowest BCUT2D eigenvalue weighted by Crippen LogP contribution is -2.28. The third-order valence-electron chi connectivity index (χ3n) is 4.94. The van der Waals surface area contributed by atoms with Crippen molar-refractivity contribution in [3.8, 4) is 5.75 Å². The Hall–Kier alpha value is -2.81. The molecule has 3 heteroatoms. The highest BCUT2D eigenvalue weighted by Gasteiger charge is 2.61. The smallest absolute Gasteiger partial charge is 0.325 e. The monoisotopic (exact) mass is 348 g/mol. The van der Waals surface area contributed by atoms with Crippen molar-refractivity contribution in [1.29, 1.82) is 0 Å². The Bertz CT molecular complexity index is 864. The summed E-state index contributed by atoms with van der Waals surface area (Å²) in [5.41, 5.74) is 4.11. The summed E-state index contributed by atoms with van der Waals surface area (Å²) in [4.78, 5) is 13.1. The molecule has 0 amide bonds. The lowest BCUT2D eigenvalue weighted by molar-refractivity contribution is -0.145. The Balaban J connectivity index is 2.17. The number of allylic oxidation sites excluding steroid dienone is 1. The van der Waals surface area contributed by atoms with Crippen LogP contribution in [0.2, 0.25) is 0 Å². The number of carbonyl (C=O) groups is 1. The van der Waals surface area contributed by atoms with Gasteiger partial charge in [-0.25, -0.2) is 0 Å². The minimum atomic E-state index is -0.875. The third-order valence-corrected chi connectivity index (χ3v) is 4.94. The predicted molar refractivity (Wildman–Crippen MR) is 104 cm³/mol. The number of hydrogen-bond acceptors (Lipinski definition) is 3. The number of rotatable bonds is 7. The maximum atomic E-state index is 13.1. The minimum absolute atomic E-state index is 0.245. The molecule has 0 saturated carbocycles. The molecule has 134 valence electrons. The van der Waals surface area contributed by atoms with Crippen LogP contribution in [0.1, 0.15) is 30.5 Å². The standard InChI is InChI=1S/C23H24O3/c1-5-10-17-13-14-20(25-4)19(15-17)23(22(24)26-6-2)16(3)21(23)18-11-8-7-9-12-18/h5,7-9,11-15H,1,6,10H2,2-4H3. The molecule has 26 heavy (non-hydrogen) atoms. The van der Waals surface area contributed by atoms with Crippen LogP contribution < -0.4 is 4.74 Å². The number of benzene rings is 2. The fraction of sp³-hybridized carbons (Fsp3) is 0.261. The van der Waals surface area contributed by atoms with Crippen molar-refractivity contribution >= 4 is 11.5 Å². The highest BCUT2D eigenvalue weighted by atomic mass is 16.5. The quantitative estimate of drug-likeness (QED) is 0.537. The van der Waals surface area contributed by atoms with Gasteiger partial charge in [0, 0.05) is 5.56 Å². The van der Waals surface area contributed by atoms with Gasteiger partial charge in [0.1, 0.15) is 11.2 Å². The second-order valence-electron chi connectivity index (χ2n) is 6.36. The van der Waals surface area contributed by atoms with E-state index in [9.17, 15) is 4.79 Å². The van der Waals surface area contributed by atoms with E-state index in [2.05, 4.69) is 6.58 Å². The normalized spacial score (nSPS) is 18.4. The Morgan fingerprint density at radius 3 is 2.54 bits per heavy atom. The molecule has 1 atom stereocenters. The summed E-state index contributed by atoms with van der Waals surface area (Å²) in [6, 6.07) is 16.0. The van der Waals surface area contributed by atoms with Crippen molar-refractivity contribution in [3.05, 3.63) is 83.4 Å². The second-order valence-corrected chi connectivity index (χ2v) is 6.36. The average molecular weight is 348 g/mol. The van der Waals surface area contributed by atoms with Crippen molar-refractivity contribution in [1.82, 2.24) is 0 Å². The van der Waals surface area contributed by atoms with Gasteiger partial charge in [-0.1, -0.05) is 42.5 Å². The lowest BCUT2D eigenvalue weighted by Gasteiger charge is -2.22. The minimum Gasteiger partial charge on any atom is -0.496 e. The van der Waals surface area contributed by atoms with Gasteiger partial charge in [-0.3, -0.25) is 4.79 Å². The lowest BCUT2D eigenvalue weighted by atomic mass is 9.84. The van der Waals surface area contributed by atoms with E-state index in [-0.39, 0.29) is 5.97 Å². The van der Waals surface area contributed by atoms with Crippen LogP contribution in [0.25, 0.3) is 5.57 Å². The molecular formula is C23H24O3. The number of methoxy groups -OCH3 is 1. The highest BCUT2D eigenvalue weighted by molar-refractivity contribution is 6.15. The molecule has 1 aliphatic carbocycles. The van der Waals surface area contributed by atoms with Gasteiger partial charge in [-0.2, -0.15) is 0 Å². The van der Waals surface area contributed by atoms with Gasteiger partial charge >= 0.3 is 5.97 Å². The molecule has 1 unspecified atom stereocenters. The van der Waals surface area contributed by atoms with Crippen LogP contribution in [0.3, 0.4) is 0 Å². The number of hydrogen-bond donors (Lipinski definition) is 0. The van der Waals surface area contributed by atoms with Gasteiger partial charge in [0.2, 0.25) is 0 Å². The Labute approximate surface area is 155 Å². The number of ether oxygens (including phenoxy) is 2. The van der Waals surface area contributed by atoms with E-state index in [0.717, 1.165) is 34.3 Å². The molecule has 1 aliphatic rings. The molecule has 0 saturated heterocycles. The second kappa shape index (κ2) is 7.20. The molecule has 2 aromatic carbocycles. The third kappa shape index (κ3) is 2.74. The van der Waals surface area contributed by atoms with E-state index in [1.54, 1.807) is 7.11 Å². The fourth-order valence-corrected chi connectivity index (χ4v) is 3.73. The molecule has 0 aliphatic heterocycles. The van der Waals surface area contributed by atoms with Crippen LogP contribution in [0.15, 0.2) is 66.8 Å². The molecule has 0 spiro atoms. The van der Waals surface area contributed by atoms with E-state index in [1.807, 2.05) is 68.5 Å². The largest absolute Gasteiger partial charge is 0.496 e. The predicted octanol–water partition coefficient (Wildman–Crippen LogP) is 4.71. The van der Waals surface area contributed by atoms with Gasteiger partial charge in [0.05, 0.1) is 13.7 Å². The first-order chi connectivity index (χ1) is 12.6. The van der Waals surface area contributed by atoms with Gasteiger partial charge in [0.15, 0.2) is 0 Å². The topological polar surface area (TPSA) is 35.5 Å². The zero-order chi connectivity index (χ0) is 18.7. The Morgan fingerprint density at radius 1 is 1.19 bits per heavy atom. The first kappa shape index (κ1) is 18.0. The fourth-order valence-electron chi connectivity index (χ4n) is 3.73. The van der Waals surface area contributed by atoms with Crippen LogP contribution in [-0.4, -0.2) is 19.7 Å². The van der Waals surface area contributed by atoms with E-state index in [4.69, 9.17) is 9.47 Å². The van der Waals surface area contributed by atoms with E-state index >= 15 is 0 Å². The molecule has 0 radical (unpaired) electrons. The maximum Gasteiger partial charge on any atom is 0.325 e. The van der Waals surface area contributed by atoms with Gasteiger partial charge in [0.25, 0.3) is 0 Å². The zero-order valence-electron chi connectivity index (χ0n) is 15.5. The molecule has 2 aromatic rings. The van der Waals surface area contributed by atoms with Crippen LogP contribution in [-0.2, 0) is 21.4 Å². The molecule has 0 heterocycles. The van der Waals surface area contributed by atoms with E-state index in [0.29, 0.717) is 12.4 Å². The average Bonchev–Trinajstić information content (AvgIpc) is 3.29. The number of esters is 1. The summed E-state index contributed by atoms with van der Waals surface area (Å²) in [6.07, 6.45) is 2.59. The van der Waals surface area contributed by atoms with Crippen LogP contribution in [0.4, 0.5) is 0 Å².